The lowest BCUT2D eigenvalue weighted by Crippen LogP contribution is -2.12. The number of fused-ring (bicyclic) bond motifs is 1. The fraction of sp³-hybridized carbons (Fsp3) is 0.364. The van der Waals surface area contributed by atoms with Gasteiger partial charge in [-0.15, -0.1) is 0 Å². The smallest absolute Gasteiger partial charge is 0.137 e. The van der Waals surface area contributed by atoms with E-state index in [0.29, 0.717) is 5.92 Å². The third-order valence-corrected chi connectivity index (χ3v) is 2.94. The number of nitrogens with two attached hydrogens (primary N) is 1. The Morgan fingerprint density at radius 3 is 3.14 bits per heavy atom. The van der Waals surface area contributed by atoms with Crippen molar-refractivity contribution in [2.24, 2.45) is 11.7 Å². The molecule has 14 heavy (non-hydrogen) atoms. The number of nitrogens with zero attached hydrogens (tertiary/aromatic N) is 1. The van der Waals surface area contributed by atoms with Crippen LogP contribution in [0.4, 0.5) is 0 Å². The molecule has 3 nitrogen and oxygen atoms in total. The zero-order valence-corrected chi connectivity index (χ0v) is 7.90. The zero-order chi connectivity index (χ0) is 9.54. The first-order valence-corrected chi connectivity index (χ1v) is 5.03. The van der Waals surface area contributed by atoms with E-state index in [1.165, 1.54) is 18.4 Å². The number of hydrogen-bond acceptors (Lipinski definition) is 2. The number of nitrogens with one attached hydrogen (secondary N) is 1. The van der Waals surface area contributed by atoms with Crippen molar-refractivity contribution >= 4 is 11.0 Å². The molecule has 0 amide bonds. The summed E-state index contributed by atoms with van der Waals surface area (Å²) in [6.45, 7) is 0. The molecular weight excluding hydrogens is 174 g/mol. The zero-order valence-electron chi connectivity index (χ0n) is 7.90. The van der Waals surface area contributed by atoms with E-state index in [-0.39, 0.29) is 6.04 Å². The number of hydrogen-bond donors (Lipinski definition) is 2. The van der Waals surface area contributed by atoms with Gasteiger partial charge in [-0.05, 0) is 36.5 Å². The number of pyridine rings is 1. The van der Waals surface area contributed by atoms with Crippen molar-refractivity contribution in [3.63, 3.8) is 0 Å². The monoisotopic (exact) mass is 187 g/mol. The molecule has 3 N–H and O–H groups in total. The summed E-state index contributed by atoms with van der Waals surface area (Å²) in [5.74, 6) is 0.688. The second-order valence-corrected chi connectivity index (χ2v) is 4.05. The Labute approximate surface area is 82.3 Å². The first-order valence-electron chi connectivity index (χ1n) is 5.03. The Bertz CT molecular complexity index is 456. The molecule has 2 aromatic rings. The standard InChI is InChI=1S/C11H13N3/c12-10(7-1-2-7)9-5-8-3-4-13-11(8)14-6-9/h3-7,10H,1-2,12H2,(H,13,14)/t10-/m0/s1. The number of aromatic nitrogens is 2. The molecule has 0 bridgehead atoms. The topological polar surface area (TPSA) is 54.7 Å². The molecular formula is C11H13N3. The van der Waals surface area contributed by atoms with Crippen LogP contribution in [0.5, 0.6) is 0 Å². The summed E-state index contributed by atoms with van der Waals surface area (Å²) in [6, 6.07) is 4.36. The lowest BCUT2D eigenvalue weighted by molar-refractivity contribution is 0.632. The molecule has 1 saturated carbocycles. The average molecular weight is 187 g/mol. The van der Waals surface area contributed by atoms with Gasteiger partial charge in [-0.25, -0.2) is 4.98 Å². The Hall–Kier alpha value is -1.35. The maximum Gasteiger partial charge on any atom is 0.137 e. The minimum absolute atomic E-state index is 0.182. The van der Waals surface area contributed by atoms with Gasteiger partial charge in [-0.1, -0.05) is 0 Å². The quantitative estimate of drug-likeness (QED) is 0.755. The van der Waals surface area contributed by atoms with E-state index in [1.807, 2.05) is 18.5 Å². The van der Waals surface area contributed by atoms with Crippen molar-refractivity contribution in [2.75, 3.05) is 0 Å². The van der Waals surface area contributed by atoms with Gasteiger partial charge >= 0.3 is 0 Å². The number of aromatic amines is 1. The fourth-order valence-corrected chi connectivity index (χ4v) is 1.87. The summed E-state index contributed by atoms with van der Waals surface area (Å²) >= 11 is 0. The molecule has 1 fully saturated rings. The highest BCUT2D eigenvalue weighted by Crippen LogP contribution is 2.39. The van der Waals surface area contributed by atoms with Crippen LogP contribution in [-0.2, 0) is 0 Å². The summed E-state index contributed by atoms with van der Waals surface area (Å²) in [6.07, 6.45) is 6.34. The number of H-pyrrole nitrogens is 1. The molecule has 2 heterocycles. The summed E-state index contributed by atoms with van der Waals surface area (Å²) in [4.78, 5) is 7.42. The predicted molar refractivity (Wildman–Crippen MR) is 55.7 cm³/mol. The predicted octanol–water partition coefficient (Wildman–Crippen LogP) is 1.97. The Balaban J connectivity index is 2.03. The minimum Gasteiger partial charge on any atom is -0.346 e. The third kappa shape index (κ3) is 1.21. The van der Waals surface area contributed by atoms with Crippen molar-refractivity contribution in [2.45, 2.75) is 18.9 Å². The third-order valence-electron chi connectivity index (χ3n) is 2.94. The van der Waals surface area contributed by atoms with Gasteiger partial charge < -0.3 is 10.7 Å². The Morgan fingerprint density at radius 2 is 2.36 bits per heavy atom. The summed E-state index contributed by atoms with van der Waals surface area (Å²) in [7, 11) is 0. The van der Waals surface area contributed by atoms with E-state index >= 15 is 0 Å². The highest BCUT2D eigenvalue weighted by molar-refractivity contribution is 5.75. The molecule has 0 aliphatic heterocycles. The van der Waals surface area contributed by atoms with Crippen LogP contribution < -0.4 is 5.73 Å². The van der Waals surface area contributed by atoms with Crippen molar-refractivity contribution in [3.8, 4) is 0 Å². The van der Waals surface area contributed by atoms with E-state index in [1.54, 1.807) is 0 Å². The lowest BCUT2D eigenvalue weighted by atomic mass is 10.1. The van der Waals surface area contributed by atoms with Crippen molar-refractivity contribution < 1.29 is 0 Å². The minimum atomic E-state index is 0.182. The van der Waals surface area contributed by atoms with E-state index in [2.05, 4.69) is 16.0 Å². The first-order chi connectivity index (χ1) is 6.84. The molecule has 1 aliphatic rings. The average Bonchev–Trinajstić information content (AvgIpc) is 2.95. The molecule has 0 spiro atoms. The van der Waals surface area contributed by atoms with E-state index in [4.69, 9.17) is 5.73 Å². The highest BCUT2D eigenvalue weighted by Gasteiger charge is 2.29. The molecule has 3 heteroatoms. The fourth-order valence-electron chi connectivity index (χ4n) is 1.87. The van der Waals surface area contributed by atoms with Crippen LogP contribution in [0.3, 0.4) is 0 Å². The molecule has 0 aromatic carbocycles. The van der Waals surface area contributed by atoms with Gasteiger partial charge in [0.2, 0.25) is 0 Å². The van der Waals surface area contributed by atoms with Crippen LogP contribution in [0.1, 0.15) is 24.4 Å². The van der Waals surface area contributed by atoms with Crippen molar-refractivity contribution in [3.05, 3.63) is 30.1 Å². The first kappa shape index (κ1) is 8.00. The molecule has 3 rings (SSSR count). The van der Waals surface area contributed by atoms with Gasteiger partial charge in [0.1, 0.15) is 5.65 Å². The molecule has 0 saturated heterocycles. The molecule has 72 valence electrons. The van der Waals surface area contributed by atoms with Crippen LogP contribution >= 0.6 is 0 Å². The van der Waals surface area contributed by atoms with Crippen molar-refractivity contribution in [1.29, 1.82) is 0 Å². The summed E-state index contributed by atoms with van der Waals surface area (Å²) < 4.78 is 0. The largest absolute Gasteiger partial charge is 0.346 e. The molecule has 1 aliphatic carbocycles. The van der Waals surface area contributed by atoms with Gasteiger partial charge in [0.05, 0.1) is 0 Å². The van der Waals surface area contributed by atoms with Gasteiger partial charge in [-0.2, -0.15) is 0 Å². The van der Waals surface area contributed by atoms with Crippen LogP contribution in [0, 0.1) is 5.92 Å². The second-order valence-electron chi connectivity index (χ2n) is 4.05. The lowest BCUT2D eigenvalue weighted by Gasteiger charge is -2.09. The van der Waals surface area contributed by atoms with E-state index in [9.17, 15) is 0 Å². The van der Waals surface area contributed by atoms with Gasteiger partial charge in [0, 0.05) is 23.8 Å². The Kier molecular flexibility index (Phi) is 1.61. The molecule has 0 radical (unpaired) electrons. The number of rotatable bonds is 2. The van der Waals surface area contributed by atoms with Crippen LogP contribution in [0.15, 0.2) is 24.5 Å². The Morgan fingerprint density at radius 1 is 1.50 bits per heavy atom. The van der Waals surface area contributed by atoms with Crippen LogP contribution in [0.25, 0.3) is 11.0 Å². The summed E-state index contributed by atoms with van der Waals surface area (Å²) in [5.41, 5.74) is 8.22. The van der Waals surface area contributed by atoms with Gasteiger partial charge in [0.25, 0.3) is 0 Å². The molecule has 2 aromatic heterocycles. The van der Waals surface area contributed by atoms with Crippen LogP contribution in [0.2, 0.25) is 0 Å². The maximum atomic E-state index is 6.11. The van der Waals surface area contributed by atoms with E-state index in [0.717, 1.165) is 11.0 Å². The van der Waals surface area contributed by atoms with E-state index < -0.39 is 0 Å². The molecule has 1 atom stereocenters. The SMILES string of the molecule is N[C@H](c1cnc2[nH]ccc2c1)C1CC1. The highest BCUT2D eigenvalue weighted by atomic mass is 14.8. The maximum absolute atomic E-state index is 6.11. The molecule has 0 unspecified atom stereocenters. The van der Waals surface area contributed by atoms with Crippen LogP contribution in [-0.4, -0.2) is 9.97 Å². The second kappa shape index (κ2) is 2.82. The van der Waals surface area contributed by atoms with Gasteiger partial charge in [0.15, 0.2) is 0 Å². The van der Waals surface area contributed by atoms with Crippen molar-refractivity contribution in [1.82, 2.24) is 9.97 Å². The normalized spacial score (nSPS) is 18.6. The van der Waals surface area contributed by atoms with Gasteiger partial charge in [-0.3, -0.25) is 0 Å². The summed E-state index contributed by atoms with van der Waals surface area (Å²) in [5, 5.41) is 1.15.